The number of benzene rings is 1. The van der Waals surface area contributed by atoms with Crippen molar-refractivity contribution in [1.82, 2.24) is 9.55 Å². The van der Waals surface area contributed by atoms with Crippen LogP contribution >= 0.6 is 0 Å². The number of ether oxygens (including phenoxy) is 1. The second kappa shape index (κ2) is 6.27. The number of carbonyl (C=O) groups is 1. The number of rotatable bonds is 1. The Balaban J connectivity index is 1.72. The molecule has 1 aliphatic carbocycles. The Morgan fingerprint density at radius 3 is 2.76 bits per heavy atom. The Labute approximate surface area is 189 Å². The van der Waals surface area contributed by atoms with Gasteiger partial charge in [0.05, 0.1) is 29.0 Å². The van der Waals surface area contributed by atoms with Crippen molar-refractivity contribution in [3.63, 3.8) is 0 Å². The molecule has 2 aromatic heterocycles. The SMILES string of the molecule is CC[C@@]1(O)C(=O)OCc2c1cc1n(c2=O)Cc2c-1nc1cc(F)c(C)c3c1c2C(C)(N)CC3. The van der Waals surface area contributed by atoms with Gasteiger partial charge in [-0.1, -0.05) is 6.92 Å². The van der Waals surface area contributed by atoms with Crippen molar-refractivity contribution in [3.05, 3.63) is 61.7 Å². The molecule has 2 aliphatic heterocycles. The lowest BCUT2D eigenvalue weighted by Crippen LogP contribution is -2.44. The van der Waals surface area contributed by atoms with Crippen LogP contribution in [0.2, 0.25) is 0 Å². The van der Waals surface area contributed by atoms with Gasteiger partial charge < -0.3 is 20.1 Å². The summed E-state index contributed by atoms with van der Waals surface area (Å²) in [5, 5.41) is 11.9. The largest absolute Gasteiger partial charge is 0.458 e. The number of cyclic esters (lactones) is 1. The van der Waals surface area contributed by atoms with Gasteiger partial charge in [-0.25, -0.2) is 14.2 Å². The zero-order valence-corrected chi connectivity index (χ0v) is 18.7. The normalized spacial score (nSPS) is 25.0. The molecule has 3 aromatic rings. The Morgan fingerprint density at radius 2 is 2.03 bits per heavy atom. The summed E-state index contributed by atoms with van der Waals surface area (Å²) in [6.07, 6.45) is 1.37. The van der Waals surface area contributed by atoms with E-state index in [0.29, 0.717) is 35.3 Å². The number of aryl methyl sites for hydroxylation is 1. The topological polar surface area (TPSA) is 107 Å². The summed E-state index contributed by atoms with van der Waals surface area (Å²) >= 11 is 0. The van der Waals surface area contributed by atoms with E-state index in [1.54, 1.807) is 24.5 Å². The van der Waals surface area contributed by atoms with Crippen LogP contribution in [-0.4, -0.2) is 20.6 Å². The lowest BCUT2D eigenvalue weighted by atomic mass is 9.75. The van der Waals surface area contributed by atoms with E-state index in [-0.39, 0.29) is 42.1 Å². The smallest absolute Gasteiger partial charge is 0.343 e. The number of fused-ring (bicyclic) bond motifs is 5. The van der Waals surface area contributed by atoms with Crippen molar-refractivity contribution >= 4 is 16.9 Å². The average Bonchev–Trinajstić information content (AvgIpc) is 3.14. The third kappa shape index (κ3) is 2.42. The summed E-state index contributed by atoms with van der Waals surface area (Å²) in [6, 6.07) is 3.10. The molecule has 3 N–H and O–H groups in total. The summed E-state index contributed by atoms with van der Waals surface area (Å²) < 4.78 is 21.5. The Bertz CT molecular complexity index is 1490. The molecule has 0 fully saturated rings. The summed E-state index contributed by atoms with van der Waals surface area (Å²) in [7, 11) is 0. The van der Waals surface area contributed by atoms with Gasteiger partial charge >= 0.3 is 5.97 Å². The minimum Gasteiger partial charge on any atom is -0.458 e. The monoisotopic (exact) mass is 449 g/mol. The molecule has 4 heterocycles. The highest BCUT2D eigenvalue weighted by Crippen LogP contribution is 2.46. The van der Waals surface area contributed by atoms with E-state index in [9.17, 15) is 19.1 Å². The molecule has 33 heavy (non-hydrogen) atoms. The van der Waals surface area contributed by atoms with Crippen molar-refractivity contribution in [2.45, 2.75) is 64.3 Å². The van der Waals surface area contributed by atoms with Gasteiger partial charge in [0.25, 0.3) is 5.56 Å². The van der Waals surface area contributed by atoms with Crippen LogP contribution in [0.3, 0.4) is 0 Å². The Kier molecular flexibility index (Phi) is 3.90. The van der Waals surface area contributed by atoms with Gasteiger partial charge in [-0.2, -0.15) is 0 Å². The molecule has 2 atom stereocenters. The second-order valence-corrected chi connectivity index (χ2v) is 9.69. The minimum absolute atomic E-state index is 0.0691. The van der Waals surface area contributed by atoms with E-state index >= 15 is 0 Å². The predicted octanol–water partition coefficient (Wildman–Crippen LogP) is 2.65. The van der Waals surface area contributed by atoms with E-state index in [1.807, 2.05) is 6.92 Å². The van der Waals surface area contributed by atoms with Crippen LogP contribution in [0.1, 0.15) is 60.1 Å². The van der Waals surface area contributed by atoms with Crippen molar-refractivity contribution in [1.29, 1.82) is 0 Å². The first-order valence-corrected chi connectivity index (χ1v) is 11.2. The molecule has 170 valence electrons. The number of carbonyl (C=O) groups excluding carboxylic acids is 1. The van der Waals surface area contributed by atoms with Crippen LogP contribution < -0.4 is 11.3 Å². The molecule has 0 spiro atoms. The molecule has 0 bridgehead atoms. The number of nitrogens with zero attached hydrogens (tertiary/aromatic N) is 2. The van der Waals surface area contributed by atoms with Crippen molar-refractivity contribution < 1.29 is 19.0 Å². The van der Waals surface area contributed by atoms with Gasteiger partial charge in [-0.05, 0) is 55.9 Å². The van der Waals surface area contributed by atoms with Gasteiger partial charge in [0, 0.05) is 28.1 Å². The molecule has 0 amide bonds. The quantitative estimate of drug-likeness (QED) is 0.433. The molecule has 6 rings (SSSR count). The van der Waals surface area contributed by atoms with Gasteiger partial charge in [0.15, 0.2) is 5.60 Å². The zero-order chi connectivity index (χ0) is 23.4. The maximum absolute atomic E-state index is 14.8. The van der Waals surface area contributed by atoms with E-state index < -0.39 is 17.1 Å². The van der Waals surface area contributed by atoms with Crippen molar-refractivity contribution in [2.24, 2.45) is 5.73 Å². The lowest BCUT2D eigenvalue weighted by molar-refractivity contribution is -0.172. The molecule has 0 saturated carbocycles. The molecule has 1 unspecified atom stereocenters. The average molecular weight is 449 g/mol. The number of hydrogen-bond donors (Lipinski definition) is 2. The van der Waals surface area contributed by atoms with Crippen molar-refractivity contribution in [3.8, 4) is 11.4 Å². The second-order valence-electron chi connectivity index (χ2n) is 9.69. The first-order valence-electron chi connectivity index (χ1n) is 11.2. The van der Waals surface area contributed by atoms with Gasteiger partial charge in [0.2, 0.25) is 0 Å². The van der Waals surface area contributed by atoms with Gasteiger partial charge in [-0.15, -0.1) is 0 Å². The number of nitrogens with two attached hydrogens (primary N) is 1. The molecule has 3 aliphatic rings. The van der Waals surface area contributed by atoms with Crippen LogP contribution in [0.4, 0.5) is 4.39 Å². The van der Waals surface area contributed by atoms with Crippen molar-refractivity contribution in [2.75, 3.05) is 0 Å². The highest BCUT2D eigenvalue weighted by atomic mass is 19.1. The number of aromatic nitrogens is 2. The summed E-state index contributed by atoms with van der Waals surface area (Å²) in [5.74, 6) is -1.08. The number of halogens is 1. The molecule has 7 nitrogen and oxygen atoms in total. The molecule has 8 heteroatoms. The molecular formula is C25H24FN3O4. The Morgan fingerprint density at radius 1 is 1.27 bits per heavy atom. The molecule has 0 saturated heterocycles. The van der Waals surface area contributed by atoms with E-state index in [0.717, 1.165) is 22.1 Å². The minimum atomic E-state index is -1.89. The highest BCUT2D eigenvalue weighted by molar-refractivity contribution is 5.93. The predicted molar refractivity (Wildman–Crippen MR) is 119 cm³/mol. The third-order valence-corrected chi connectivity index (χ3v) is 7.77. The summed E-state index contributed by atoms with van der Waals surface area (Å²) in [4.78, 5) is 30.7. The highest BCUT2D eigenvalue weighted by Gasteiger charge is 2.46. The van der Waals surface area contributed by atoms with Crippen LogP contribution in [0.25, 0.3) is 22.3 Å². The molecular weight excluding hydrogens is 425 g/mol. The number of pyridine rings is 2. The van der Waals surface area contributed by atoms with E-state index in [2.05, 4.69) is 0 Å². The summed E-state index contributed by atoms with van der Waals surface area (Å²) in [6.45, 7) is 5.49. The number of esters is 1. The summed E-state index contributed by atoms with van der Waals surface area (Å²) in [5.41, 5.74) is 9.21. The van der Waals surface area contributed by atoms with E-state index in [4.69, 9.17) is 15.5 Å². The fourth-order valence-electron chi connectivity index (χ4n) is 5.84. The maximum atomic E-state index is 14.8. The number of hydrogen-bond acceptors (Lipinski definition) is 6. The molecule has 0 radical (unpaired) electrons. The third-order valence-electron chi connectivity index (χ3n) is 7.77. The fourth-order valence-corrected chi connectivity index (χ4v) is 5.84. The lowest BCUT2D eigenvalue weighted by Gasteiger charge is -2.34. The number of aliphatic hydroxyl groups is 1. The fraction of sp³-hybridized carbons (Fsp3) is 0.400. The first-order chi connectivity index (χ1) is 15.6. The molecule has 1 aromatic carbocycles. The van der Waals surface area contributed by atoms with Crippen LogP contribution in [-0.2, 0) is 40.2 Å². The van der Waals surface area contributed by atoms with Gasteiger partial charge in [0.1, 0.15) is 12.4 Å². The zero-order valence-electron chi connectivity index (χ0n) is 18.7. The van der Waals surface area contributed by atoms with Crippen LogP contribution in [0.15, 0.2) is 16.9 Å². The van der Waals surface area contributed by atoms with E-state index in [1.165, 1.54) is 6.07 Å². The standard InChI is InChI=1S/C25H24FN3O4/c1-4-25(32)15-7-18-21-13(9-29(18)22(30)14(15)10-33-23(25)31)20-19-12(5-6-24(20,3)27)11(2)16(26)8-17(19)28-21/h7-8,32H,4-6,9-10,27H2,1-3H3/t24?,25-/m0/s1. The Hall–Kier alpha value is -3.10. The van der Waals surface area contributed by atoms with Crippen LogP contribution in [0.5, 0.6) is 0 Å². The van der Waals surface area contributed by atoms with Gasteiger partial charge in [-0.3, -0.25) is 4.79 Å². The first kappa shape index (κ1) is 20.5. The van der Waals surface area contributed by atoms with Crippen LogP contribution in [0, 0.1) is 12.7 Å². The maximum Gasteiger partial charge on any atom is 0.343 e.